The van der Waals surface area contributed by atoms with Crippen LogP contribution in [0.5, 0.6) is 11.5 Å². The van der Waals surface area contributed by atoms with Gasteiger partial charge in [0.15, 0.2) is 0 Å². The van der Waals surface area contributed by atoms with Crippen molar-refractivity contribution in [3.63, 3.8) is 0 Å². The van der Waals surface area contributed by atoms with Crippen molar-refractivity contribution in [3.8, 4) is 11.5 Å². The van der Waals surface area contributed by atoms with Gasteiger partial charge in [-0.3, -0.25) is 0 Å². The summed E-state index contributed by atoms with van der Waals surface area (Å²) in [5.74, 6) is 1.35. The van der Waals surface area contributed by atoms with Gasteiger partial charge in [0.25, 0.3) is 0 Å². The number of ether oxygens (including phenoxy) is 2. The molecular weight excluding hydrogens is 308 g/mol. The third-order valence-corrected chi connectivity index (χ3v) is 3.38. The van der Waals surface area contributed by atoms with Crippen LogP contribution in [0.2, 0.25) is 5.02 Å². The zero-order valence-electron chi connectivity index (χ0n) is 11.6. The van der Waals surface area contributed by atoms with Gasteiger partial charge < -0.3 is 20.5 Å². The van der Waals surface area contributed by atoms with Crippen molar-refractivity contribution in [2.24, 2.45) is 5.73 Å². The fraction of sp³-hybridized carbons (Fsp3) is 0.133. The molecule has 4 nitrogen and oxygen atoms in total. The lowest BCUT2D eigenvalue weighted by molar-refractivity contribution is 0.395. The Hall–Kier alpha value is -1.98. The van der Waals surface area contributed by atoms with E-state index in [1.807, 2.05) is 12.1 Å². The lowest BCUT2D eigenvalue weighted by Crippen LogP contribution is -2.12. The van der Waals surface area contributed by atoms with E-state index in [0.717, 1.165) is 11.4 Å². The number of anilines is 2. The average Bonchev–Trinajstić information content (AvgIpc) is 2.47. The highest BCUT2D eigenvalue weighted by molar-refractivity contribution is 7.80. The van der Waals surface area contributed by atoms with Crippen molar-refractivity contribution < 1.29 is 9.47 Å². The van der Waals surface area contributed by atoms with E-state index in [-0.39, 0.29) is 0 Å². The largest absolute Gasteiger partial charge is 0.497 e. The molecule has 0 saturated heterocycles. The number of benzene rings is 2. The molecule has 2 aromatic carbocycles. The quantitative estimate of drug-likeness (QED) is 0.821. The molecule has 0 spiro atoms. The van der Waals surface area contributed by atoms with E-state index in [9.17, 15) is 0 Å². The van der Waals surface area contributed by atoms with Gasteiger partial charge in [-0.05, 0) is 30.3 Å². The fourth-order valence-electron chi connectivity index (χ4n) is 1.88. The fourth-order valence-corrected chi connectivity index (χ4v) is 2.23. The van der Waals surface area contributed by atoms with E-state index in [0.29, 0.717) is 27.1 Å². The molecule has 110 valence electrons. The van der Waals surface area contributed by atoms with Gasteiger partial charge in [-0.15, -0.1) is 0 Å². The molecule has 3 N–H and O–H groups in total. The van der Waals surface area contributed by atoms with Crippen LogP contribution < -0.4 is 20.5 Å². The van der Waals surface area contributed by atoms with Gasteiger partial charge in [0.2, 0.25) is 0 Å². The lowest BCUT2D eigenvalue weighted by atomic mass is 10.1. The van der Waals surface area contributed by atoms with Gasteiger partial charge in [-0.25, -0.2) is 0 Å². The summed E-state index contributed by atoms with van der Waals surface area (Å²) in [6.07, 6.45) is 0. The average molecular weight is 323 g/mol. The minimum absolute atomic E-state index is 0.293. The number of thiocarbonyl (C=S) groups is 1. The van der Waals surface area contributed by atoms with Gasteiger partial charge in [0.05, 0.1) is 25.6 Å². The van der Waals surface area contributed by atoms with Crippen molar-refractivity contribution in [2.45, 2.75) is 0 Å². The van der Waals surface area contributed by atoms with E-state index >= 15 is 0 Å². The maximum atomic E-state index is 6.03. The first kappa shape index (κ1) is 15.4. The number of rotatable bonds is 5. The molecule has 21 heavy (non-hydrogen) atoms. The predicted octanol–water partition coefficient (Wildman–Crippen LogP) is 3.74. The van der Waals surface area contributed by atoms with Crippen molar-refractivity contribution in [1.82, 2.24) is 0 Å². The smallest absolute Gasteiger partial charge is 0.145 e. The Morgan fingerprint density at radius 1 is 1.10 bits per heavy atom. The Morgan fingerprint density at radius 2 is 1.86 bits per heavy atom. The summed E-state index contributed by atoms with van der Waals surface area (Å²) in [6, 6.07) is 10.8. The van der Waals surface area contributed by atoms with E-state index in [1.54, 1.807) is 38.5 Å². The Balaban J connectivity index is 2.42. The zero-order valence-corrected chi connectivity index (χ0v) is 13.2. The van der Waals surface area contributed by atoms with Gasteiger partial charge in [-0.2, -0.15) is 0 Å². The van der Waals surface area contributed by atoms with Crippen LogP contribution in [0.4, 0.5) is 11.4 Å². The predicted molar refractivity (Wildman–Crippen MR) is 90.2 cm³/mol. The molecular formula is C15H15ClN2O2S. The minimum atomic E-state index is 0.293. The molecule has 0 fully saturated rings. The molecule has 6 heteroatoms. The second-order valence-electron chi connectivity index (χ2n) is 4.25. The number of hydrogen-bond donors (Lipinski definition) is 2. The van der Waals surface area contributed by atoms with Crippen LogP contribution in [0.15, 0.2) is 36.4 Å². The summed E-state index contributed by atoms with van der Waals surface area (Å²) in [7, 11) is 3.19. The van der Waals surface area contributed by atoms with E-state index < -0.39 is 0 Å². The van der Waals surface area contributed by atoms with Crippen LogP contribution in [0.25, 0.3) is 0 Å². The van der Waals surface area contributed by atoms with Gasteiger partial charge >= 0.3 is 0 Å². The number of nitrogens with one attached hydrogen (secondary N) is 1. The summed E-state index contributed by atoms with van der Waals surface area (Å²) in [5, 5.41) is 3.82. The van der Waals surface area contributed by atoms with Crippen molar-refractivity contribution in [2.75, 3.05) is 19.5 Å². The monoisotopic (exact) mass is 322 g/mol. The molecule has 0 bridgehead atoms. The summed E-state index contributed by atoms with van der Waals surface area (Å²) < 4.78 is 10.5. The topological polar surface area (TPSA) is 56.5 Å². The first-order valence-electron chi connectivity index (χ1n) is 6.13. The Bertz CT molecular complexity index is 677. The molecule has 0 aliphatic carbocycles. The second kappa shape index (κ2) is 6.65. The summed E-state index contributed by atoms with van der Waals surface area (Å²) in [5.41, 5.74) is 7.93. The van der Waals surface area contributed by atoms with Crippen molar-refractivity contribution in [1.29, 1.82) is 0 Å². The summed E-state index contributed by atoms with van der Waals surface area (Å²) in [6.45, 7) is 0. The first-order valence-corrected chi connectivity index (χ1v) is 6.92. The van der Waals surface area contributed by atoms with E-state index in [1.165, 1.54) is 0 Å². The molecule has 0 atom stereocenters. The van der Waals surface area contributed by atoms with Crippen LogP contribution in [0.1, 0.15) is 5.56 Å². The molecule has 0 aliphatic rings. The van der Waals surface area contributed by atoms with Gasteiger partial charge in [0, 0.05) is 16.7 Å². The SMILES string of the molecule is COc1ccc(Nc2cc(Cl)ccc2C(N)=S)c(OC)c1. The molecule has 2 rings (SSSR count). The number of methoxy groups -OCH3 is 2. The molecule has 0 heterocycles. The Morgan fingerprint density at radius 3 is 2.48 bits per heavy atom. The maximum absolute atomic E-state index is 6.03. The van der Waals surface area contributed by atoms with Crippen LogP contribution in [0, 0.1) is 0 Å². The van der Waals surface area contributed by atoms with Crippen molar-refractivity contribution >= 4 is 40.2 Å². The minimum Gasteiger partial charge on any atom is -0.497 e. The summed E-state index contributed by atoms with van der Waals surface area (Å²) in [4.78, 5) is 0.293. The third-order valence-electron chi connectivity index (χ3n) is 2.93. The standard InChI is InChI=1S/C15H15ClN2O2S/c1-19-10-4-6-12(14(8-10)20-2)18-13-7-9(16)3-5-11(13)15(17)21/h3-8,18H,1-2H3,(H2,17,21). The molecule has 2 aromatic rings. The third kappa shape index (κ3) is 3.56. The molecule has 0 aliphatic heterocycles. The van der Waals surface area contributed by atoms with Crippen LogP contribution in [-0.2, 0) is 0 Å². The van der Waals surface area contributed by atoms with Gasteiger partial charge in [-0.1, -0.05) is 23.8 Å². The number of nitrogens with two attached hydrogens (primary N) is 1. The summed E-state index contributed by atoms with van der Waals surface area (Å²) >= 11 is 11.1. The van der Waals surface area contributed by atoms with E-state index in [2.05, 4.69) is 5.32 Å². The first-order chi connectivity index (χ1) is 10.0. The highest BCUT2D eigenvalue weighted by Crippen LogP contribution is 2.33. The molecule has 0 radical (unpaired) electrons. The van der Waals surface area contributed by atoms with Crippen LogP contribution in [0.3, 0.4) is 0 Å². The normalized spacial score (nSPS) is 10.0. The van der Waals surface area contributed by atoms with Crippen molar-refractivity contribution in [3.05, 3.63) is 47.0 Å². The maximum Gasteiger partial charge on any atom is 0.145 e. The second-order valence-corrected chi connectivity index (χ2v) is 5.12. The zero-order chi connectivity index (χ0) is 15.4. The highest BCUT2D eigenvalue weighted by Gasteiger charge is 2.10. The van der Waals surface area contributed by atoms with Crippen LogP contribution in [-0.4, -0.2) is 19.2 Å². The number of hydrogen-bond acceptors (Lipinski definition) is 4. The molecule has 0 amide bonds. The lowest BCUT2D eigenvalue weighted by Gasteiger charge is -2.15. The van der Waals surface area contributed by atoms with E-state index in [4.69, 9.17) is 39.0 Å². The van der Waals surface area contributed by atoms with Crippen LogP contribution >= 0.6 is 23.8 Å². The van der Waals surface area contributed by atoms with Gasteiger partial charge in [0.1, 0.15) is 16.5 Å². The number of halogens is 1. The highest BCUT2D eigenvalue weighted by atomic mass is 35.5. The molecule has 0 unspecified atom stereocenters. The molecule has 0 saturated carbocycles. The Kier molecular flexibility index (Phi) is 4.88. The Labute approximate surface area is 133 Å². The molecule has 0 aromatic heterocycles.